The highest BCUT2D eigenvalue weighted by Gasteiger charge is 2.19. The van der Waals surface area contributed by atoms with Crippen LogP contribution in [0.15, 0.2) is 109 Å². The maximum Gasteiger partial charge on any atom is 0.310 e. The molecule has 0 N–H and O–H groups in total. The molecular formula is C60H98O6. The van der Waals surface area contributed by atoms with Crippen LogP contribution in [-0.4, -0.2) is 37.2 Å². The largest absolute Gasteiger partial charge is 0.462 e. The average Bonchev–Trinajstić information content (AvgIpc) is 3.31. The van der Waals surface area contributed by atoms with Gasteiger partial charge in [-0.25, -0.2) is 0 Å². The summed E-state index contributed by atoms with van der Waals surface area (Å²) in [5.41, 5.74) is 0. The van der Waals surface area contributed by atoms with E-state index in [2.05, 4.69) is 118 Å². The highest BCUT2D eigenvalue weighted by atomic mass is 16.6. The van der Waals surface area contributed by atoms with Crippen molar-refractivity contribution in [3.8, 4) is 0 Å². The SMILES string of the molecule is CC/C=C\C/C=C\C/C=C\C/C=C\C/C=C\CC(=O)OC(COC(=O)CCCCCCCCCCCC)COC(=O)CCCCCCCCCCCC/C=C\C/C=C\C/C=C\C/C=C\CC. The molecule has 0 radical (unpaired) electrons. The van der Waals surface area contributed by atoms with Gasteiger partial charge in [0.1, 0.15) is 13.2 Å². The summed E-state index contributed by atoms with van der Waals surface area (Å²) >= 11 is 0. The lowest BCUT2D eigenvalue weighted by Crippen LogP contribution is -2.30. The Bertz CT molecular complexity index is 1370. The number of allylic oxidation sites excluding steroid dienone is 17. The van der Waals surface area contributed by atoms with Crippen LogP contribution in [0.1, 0.15) is 233 Å². The van der Waals surface area contributed by atoms with Gasteiger partial charge >= 0.3 is 17.9 Å². The third-order valence-electron chi connectivity index (χ3n) is 11.1. The van der Waals surface area contributed by atoms with E-state index in [1.54, 1.807) is 6.08 Å². The van der Waals surface area contributed by atoms with E-state index in [1.165, 1.54) is 96.3 Å². The van der Waals surface area contributed by atoms with Gasteiger partial charge in [-0.1, -0.05) is 239 Å². The topological polar surface area (TPSA) is 78.9 Å². The van der Waals surface area contributed by atoms with Crippen molar-refractivity contribution in [3.63, 3.8) is 0 Å². The van der Waals surface area contributed by atoms with Crippen molar-refractivity contribution in [2.45, 2.75) is 239 Å². The molecule has 66 heavy (non-hydrogen) atoms. The molecule has 0 rings (SSSR count). The first-order valence-electron chi connectivity index (χ1n) is 26.9. The second-order valence-electron chi connectivity index (χ2n) is 17.4. The number of carbonyl (C=O) groups is 3. The fourth-order valence-corrected chi connectivity index (χ4v) is 7.10. The normalized spacial score (nSPS) is 13.0. The first kappa shape index (κ1) is 62.1. The van der Waals surface area contributed by atoms with Gasteiger partial charge in [0, 0.05) is 12.8 Å². The monoisotopic (exact) mass is 915 g/mol. The van der Waals surface area contributed by atoms with Crippen LogP contribution in [0.4, 0.5) is 0 Å². The van der Waals surface area contributed by atoms with Crippen molar-refractivity contribution in [2.75, 3.05) is 13.2 Å². The number of hydrogen-bond acceptors (Lipinski definition) is 6. The van der Waals surface area contributed by atoms with Gasteiger partial charge in [-0.3, -0.25) is 14.4 Å². The Balaban J connectivity index is 4.39. The summed E-state index contributed by atoms with van der Waals surface area (Å²) in [5, 5.41) is 0. The van der Waals surface area contributed by atoms with Crippen LogP contribution < -0.4 is 0 Å². The smallest absolute Gasteiger partial charge is 0.310 e. The van der Waals surface area contributed by atoms with Crippen molar-refractivity contribution >= 4 is 17.9 Å². The van der Waals surface area contributed by atoms with Crippen LogP contribution in [0, 0.1) is 0 Å². The van der Waals surface area contributed by atoms with E-state index < -0.39 is 12.1 Å². The minimum atomic E-state index is -0.833. The fraction of sp³-hybridized carbons (Fsp3) is 0.650. The summed E-state index contributed by atoms with van der Waals surface area (Å²) in [7, 11) is 0. The predicted octanol–water partition coefficient (Wildman–Crippen LogP) is 17.9. The number of ether oxygens (including phenoxy) is 3. The Hall–Kier alpha value is -3.93. The Morgan fingerprint density at radius 1 is 0.333 bits per heavy atom. The number of carbonyl (C=O) groups excluding carboxylic acids is 3. The van der Waals surface area contributed by atoms with Gasteiger partial charge in [0.05, 0.1) is 6.42 Å². The van der Waals surface area contributed by atoms with E-state index in [1.807, 2.05) is 6.08 Å². The molecule has 0 aliphatic rings. The molecule has 0 aromatic heterocycles. The maximum absolute atomic E-state index is 12.7. The quantitative estimate of drug-likeness (QED) is 0.0262. The molecule has 0 aromatic rings. The van der Waals surface area contributed by atoms with E-state index in [4.69, 9.17) is 14.2 Å². The Morgan fingerprint density at radius 3 is 1.00 bits per heavy atom. The molecular weight excluding hydrogens is 817 g/mol. The zero-order chi connectivity index (χ0) is 47.9. The van der Waals surface area contributed by atoms with Gasteiger partial charge < -0.3 is 14.2 Å². The number of esters is 3. The first-order chi connectivity index (χ1) is 32.5. The van der Waals surface area contributed by atoms with E-state index >= 15 is 0 Å². The molecule has 6 heteroatoms. The van der Waals surface area contributed by atoms with Gasteiger partial charge in [0.15, 0.2) is 6.10 Å². The maximum atomic E-state index is 12.7. The Morgan fingerprint density at radius 2 is 0.636 bits per heavy atom. The molecule has 0 saturated heterocycles. The highest BCUT2D eigenvalue weighted by molar-refractivity contribution is 5.72. The van der Waals surface area contributed by atoms with Crippen LogP contribution in [0.25, 0.3) is 0 Å². The van der Waals surface area contributed by atoms with Crippen molar-refractivity contribution in [1.29, 1.82) is 0 Å². The van der Waals surface area contributed by atoms with Crippen molar-refractivity contribution in [3.05, 3.63) is 109 Å². The zero-order valence-electron chi connectivity index (χ0n) is 42.7. The fourth-order valence-electron chi connectivity index (χ4n) is 7.10. The molecule has 0 fully saturated rings. The van der Waals surface area contributed by atoms with Gasteiger partial charge in [-0.15, -0.1) is 0 Å². The van der Waals surface area contributed by atoms with Crippen LogP contribution >= 0.6 is 0 Å². The minimum Gasteiger partial charge on any atom is -0.462 e. The third-order valence-corrected chi connectivity index (χ3v) is 11.1. The van der Waals surface area contributed by atoms with Crippen molar-refractivity contribution in [1.82, 2.24) is 0 Å². The van der Waals surface area contributed by atoms with Crippen molar-refractivity contribution in [2.24, 2.45) is 0 Å². The van der Waals surface area contributed by atoms with Crippen molar-refractivity contribution < 1.29 is 28.6 Å². The zero-order valence-corrected chi connectivity index (χ0v) is 42.7. The van der Waals surface area contributed by atoms with E-state index in [0.717, 1.165) is 96.3 Å². The molecule has 0 aliphatic carbocycles. The summed E-state index contributed by atoms with van der Waals surface area (Å²) in [6.07, 6.45) is 72.5. The molecule has 1 atom stereocenters. The Labute approximate surface area is 406 Å². The summed E-state index contributed by atoms with van der Waals surface area (Å²) in [6, 6.07) is 0. The average molecular weight is 915 g/mol. The van der Waals surface area contributed by atoms with Gasteiger partial charge in [0.2, 0.25) is 0 Å². The van der Waals surface area contributed by atoms with E-state index in [0.29, 0.717) is 12.8 Å². The van der Waals surface area contributed by atoms with Crippen LogP contribution in [0.3, 0.4) is 0 Å². The van der Waals surface area contributed by atoms with E-state index in [9.17, 15) is 14.4 Å². The summed E-state index contributed by atoms with van der Waals surface area (Å²) < 4.78 is 16.7. The number of unbranched alkanes of at least 4 members (excludes halogenated alkanes) is 19. The molecule has 1 unspecified atom stereocenters. The number of hydrogen-bond donors (Lipinski definition) is 0. The minimum absolute atomic E-state index is 0.0944. The van der Waals surface area contributed by atoms with Gasteiger partial charge in [-0.2, -0.15) is 0 Å². The molecule has 0 saturated carbocycles. The van der Waals surface area contributed by atoms with Crippen LogP contribution in [0.5, 0.6) is 0 Å². The standard InChI is InChI=1S/C60H98O6/c1-4-7-10-13-16-19-22-24-26-27-28-29-30-31-32-33-35-36-38-41-44-47-50-53-59(62)65-56-57(55-64-58(61)52-49-46-43-40-21-18-15-12-9-6-3)66-60(63)54-51-48-45-42-39-37-34-25-23-20-17-14-11-8-5-2/h7-8,10-11,16-17,19-20,24-26,28-29,34,39,42,48,51,57H,4-6,9,12-15,18,21-23,27,30-33,35-38,40-41,43-47,49-50,52-56H2,1-3H3/b10-7-,11-8-,19-16-,20-17-,26-24-,29-28-,34-25-,42-39-,51-48-. The molecule has 0 bridgehead atoms. The summed E-state index contributed by atoms with van der Waals surface area (Å²) in [4.78, 5) is 37.9. The second kappa shape index (κ2) is 53.7. The second-order valence-corrected chi connectivity index (χ2v) is 17.4. The highest BCUT2D eigenvalue weighted by Crippen LogP contribution is 2.14. The lowest BCUT2D eigenvalue weighted by Gasteiger charge is -2.18. The molecule has 0 aliphatic heterocycles. The lowest BCUT2D eigenvalue weighted by atomic mass is 10.1. The molecule has 6 nitrogen and oxygen atoms in total. The van der Waals surface area contributed by atoms with Crippen LogP contribution in [-0.2, 0) is 28.6 Å². The Kier molecular flexibility index (Phi) is 50.5. The summed E-state index contributed by atoms with van der Waals surface area (Å²) in [5.74, 6) is -1.06. The first-order valence-corrected chi connectivity index (χ1v) is 26.9. The van der Waals surface area contributed by atoms with Crippen LogP contribution in [0.2, 0.25) is 0 Å². The number of rotatable bonds is 47. The van der Waals surface area contributed by atoms with Gasteiger partial charge in [0.25, 0.3) is 0 Å². The van der Waals surface area contributed by atoms with Gasteiger partial charge in [-0.05, 0) is 83.5 Å². The molecule has 0 aromatic carbocycles. The molecule has 0 amide bonds. The molecule has 0 heterocycles. The molecule has 0 spiro atoms. The molecule has 374 valence electrons. The summed E-state index contributed by atoms with van der Waals surface area (Å²) in [6.45, 7) is 6.30. The predicted molar refractivity (Wildman–Crippen MR) is 283 cm³/mol. The third kappa shape index (κ3) is 51.1. The lowest BCUT2D eigenvalue weighted by molar-refractivity contribution is -0.166. The van der Waals surface area contributed by atoms with E-state index in [-0.39, 0.29) is 31.6 Å².